The average Bonchev–Trinajstić information content (AvgIpc) is 2.83. The number of carbonyl (C=O) groups is 4. The van der Waals surface area contributed by atoms with Crippen LogP contribution in [0.3, 0.4) is 0 Å². The molecule has 2 aliphatic heterocycles. The van der Waals surface area contributed by atoms with E-state index in [4.69, 9.17) is 14.6 Å². The standard InChI is InChI=1S/C19H30N2O17.Zn/c22-8-3-37-18(35,14(29)12(8)27)5-21(7(17(33)34)2-11(25)26)10(24)1-6(16(31)32)20-19(36)15(30)13(28)9(23)4-38-19;/h6-9,12-15,20,22-23,27-30,35-36H,1-5H2,(H,25,26)(H,31,32)(H,33,34);/q;+2. The zero-order chi connectivity index (χ0) is 29.2. The maximum atomic E-state index is 13.1. The van der Waals surface area contributed by atoms with Crippen LogP contribution in [0.4, 0.5) is 0 Å². The number of carboxylic acid groups (broad SMARTS) is 3. The van der Waals surface area contributed by atoms with Crippen LogP contribution in [0.5, 0.6) is 0 Å². The number of ether oxygens (including phenoxy) is 2. The van der Waals surface area contributed by atoms with Crippen molar-refractivity contribution in [3.05, 3.63) is 0 Å². The fourth-order valence-corrected chi connectivity index (χ4v) is 3.85. The van der Waals surface area contributed by atoms with Crippen molar-refractivity contribution in [1.82, 2.24) is 10.2 Å². The van der Waals surface area contributed by atoms with E-state index in [1.54, 1.807) is 0 Å². The molecule has 12 N–H and O–H groups in total. The fraction of sp³-hybridized carbons (Fsp3) is 0.789. The number of hydrogen-bond acceptors (Lipinski definition) is 15. The van der Waals surface area contributed by atoms with Gasteiger partial charge >= 0.3 is 37.4 Å². The molecule has 19 nitrogen and oxygen atoms in total. The van der Waals surface area contributed by atoms with Gasteiger partial charge in [0.2, 0.25) is 11.7 Å². The number of aliphatic carboxylic acids is 3. The monoisotopic (exact) mass is 622 g/mol. The molecule has 20 heteroatoms. The van der Waals surface area contributed by atoms with Crippen molar-refractivity contribution in [3.63, 3.8) is 0 Å². The Kier molecular flexibility index (Phi) is 12.3. The van der Waals surface area contributed by atoms with Gasteiger partial charge in [-0.1, -0.05) is 0 Å². The molecule has 0 bridgehead atoms. The predicted octanol–water partition coefficient (Wildman–Crippen LogP) is -7.27. The van der Waals surface area contributed by atoms with Crippen LogP contribution in [0.2, 0.25) is 0 Å². The first-order valence-electron chi connectivity index (χ1n) is 11.0. The van der Waals surface area contributed by atoms with Crippen molar-refractivity contribution >= 4 is 23.8 Å². The Morgan fingerprint density at radius 3 is 1.82 bits per heavy atom. The van der Waals surface area contributed by atoms with E-state index in [9.17, 15) is 70.2 Å². The van der Waals surface area contributed by atoms with Gasteiger partial charge in [0.25, 0.3) is 5.91 Å². The SMILES string of the molecule is O=C(O)CC(C(=O)O)N(CC1(O)OCC(O)C(O)C1O)C(=O)CC(NC1(O)OCC(O)C(O)C1O)C(=O)O.[Zn+2]. The fourth-order valence-electron chi connectivity index (χ4n) is 3.85. The first kappa shape index (κ1) is 35.1. The molecule has 0 aromatic rings. The molecular weight excluding hydrogens is 594 g/mol. The van der Waals surface area contributed by atoms with E-state index in [1.165, 1.54) is 0 Å². The summed E-state index contributed by atoms with van der Waals surface area (Å²) in [5.74, 6) is -13.0. The summed E-state index contributed by atoms with van der Waals surface area (Å²) >= 11 is 0. The van der Waals surface area contributed by atoms with Crippen molar-refractivity contribution in [2.45, 2.75) is 73.2 Å². The molecule has 0 saturated carbocycles. The molecule has 2 heterocycles. The van der Waals surface area contributed by atoms with Crippen LogP contribution in [0.25, 0.3) is 0 Å². The number of amides is 1. The Balaban J connectivity index is 0.00000760. The number of carboxylic acids is 3. The third-order valence-corrected chi connectivity index (χ3v) is 6.08. The van der Waals surface area contributed by atoms with Crippen molar-refractivity contribution in [1.29, 1.82) is 0 Å². The van der Waals surface area contributed by atoms with Crippen LogP contribution in [0.1, 0.15) is 12.8 Å². The Labute approximate surface area is 231 Å². The van der Waals surface area contributed by atoms with Gasteiger partial charge in [0.05, 0.1) is 32.6 Å². The largest absolute Gasteiger partial charge is 2.00 e. The second-order valence-corrected chi connectivity index (χ2v) is 8.88. The minimum absolute atomic E-state index is 0. The minimum atomic E-state index is -3.03. The van der Waals surface area contributed by atoms with Gasteiger partial charge in [-0.2, -0.15) is 0 Å². The van der Waals surface area contributed by atoms with Gasteiger partial charge in [-0.3, -0.25) is 19.7 Å². The molecule has 0 spiro atoms. The molecule has 0 aliphatic carbocycles. The van der Waals surface area contributed by atoms with E-state index in [0.717, 1.165) is 0 Å². The Morgan fingerprint density at radius 2 is 1.33 bits per heavy atom. The summed E-state index contributed by atoms with van der Waals surface area (Å²) < 4.78 is 9.66. The van der Waals surface area contributed by atoms with Crippen molar-refractivity contribution < 1.29 is 104 Å². The molecule has 0 aromatic carbocycles. The molecular formula is C19H30N2O17Zn+2. The van der Waals surface area contributed by atoms with Gasteiger partial charge < -0.3 is 70.5 Å². The molecule has 10 atom stereocenters. The predicted molar refractivity (Wildman–Crippen MR) is 112 cm³/mol. The third-order valence-electron chi connectivity index (χ3n) is 6.08. The summed E-state index contributed by atoms with van der Waals surface area (Å²) in [4.78, 5) is 48.2. The van der Waals surface area contributed by atoms with Crippen molar-refractivity contribution in [3.8, 4) is 0 Å². The van der Waals surface area contributed by atoms with Gasteiger partial charge in [-0.15, -0.1) is 0 Å². The molecule has 218 valence electrons. The average molecular weight is 624 g/mol. The number of nitrogens with one attached hydrogen (secondary N) is 1. The van der Waals surface area contributed by atoms with Crippen LogP contribution >= 0.6 is 0 Å². The van der Waals surface area contributed by atoms with Crippen LogP contribution in [0.15, 0.2) is 0 Å². The molecule has 10 unspecified atom stereocenters. The number of rotatable bonds is 11. The van der Waals surface area contributed by atoms with Crippen LogP contribution in [-0.4, -0.2) is 165 Å². The third kappa shape index (κ3) is 8.06. The molecule has 1 amide bonds. The minimum Gasteiger partial charge on any atom is -0.481 e. The molecule has 0 aromatic heterocycles. The normalized spacial score (nSPS) is 36.2. The number of carbonyl (C=O) groups excluding carboxylic acids is 1. The molecule has 2 fully saturated rings. The first-order valence-corrected chi connectivity index (χ1v) is 11.0. The second kappa shape index (κ2) is 13.6. The van der Waals surface area contributed by atoms with Gasteiger partial charge in [-0.05, 0) is 0 Å². The van der Waals surface area contributed by atoms with Crippen molar-refractivity contribution in [2.24, 2.45) is 0 Å². The smallest absolute Gasteiger partial charge is 0.481 e. The molecule has 2 rings (SSSR count). The topological polar surface area (TPSA) is 325 Å². The maximum absolute atomic E-state index is 13.1. The zero-order valence-corrected chi connectivity index (χ0v) is 23.1. The summed E-state index contributed by atoms with van der Waals surface area (Å²) in [5, 5.41) is 110. The van der Waals surface area contributed by atoms with Gasteiger partial charge in [0.15, 0.2) is 6.10 Å². The van der Waals surface area contributed by atoms with Crippen LogP contribution in [0, 0.1) is 0 Å². The Bertz CT molecular complexity index is 911. The molecule has 2 saturated heterocycles. The zero-order valence-electron chi connectivity index (χ0n) is 20.2. The van der Waals surface area contributed by atoms with Gasteiger partial charge in [0, 0.05) is 0 Å². The van der Waals surface area contributed by atoms with E-state index in [1.807, 2.05) is 5.32 Å². The summed E-state index contributed by atoms with van der Waals surface area (Å²) in [6.45, 7) is -2.92. The van der Waals surface area contributed by atoms with Gasteiger partial charge in [-0.25, -0.2) is 4.79 Å². The van der Waals surface area contributed by atoms with Crippen molar-refractivity contribution in [2.75, 3.05) is 19.8 Å². The van der Waals surface area contributed by atoms with E-state index in [0.29, 0.717) is 0 Å². The first-order chi connectivity index (χ1) is 17.4. The second-order valence-electron chi connectivity index (χ2n) is 8.88. The summed E-state index contributed by atoms with van der Waals surface area (Å²) in [7, 11) is 0. The number of nitrogens with zero attached hydrogens (tertiary/aromatic N) is 1. The summed E-state index contributed by atoms with van der Waals surface area (Å²) in [6, 6.07) is -4.50. The van der Waals surface area contributed by atoms with Crippen LogP contribution < -0.4 is 5.32 Å². The Morgan fingerprint density at radius 1 is 0.821 bits per heavy atom. The molecule has 0 radical (unpaired) electrons. The van der Waals surface area contributed by atoms with E-state index in [2.05, 4.69) is 0 Å². The van der Waals surface area contributed by atoms with Gasteiger partial charge in [0.1, 0.15) is 42.6 Å². The number of aliphatic hydroxyl groups excluding tert-OH is 6. The van der Waals surface area contributed by atoms with E-state index in [-0.39, 0.29) is 24.4 Å². The summed E-state index contributed by atoms with van der Waals surface area (Å²) in [6.07, 6.45) is -14.7. The molecule has 39 heavy (non-hydrogen) atoms. The Hall–Kier alpha value is -1.94. The maximum Gasteiger partial charge on any atom is 2.00 e. The van der Waals surface area contributed by atoms with E-state index >= 15 is 0 Å². The molecule has 2 aliphatic rings. The summed E-state index contributed by atoms with van der Waals surface area (Å²) in [5.41, 5.74) is 0. The quantitative estimate of drug-likeness (QED) is 0.0750. The number of aliphatic hydroxyl groups is 8. The van der Waals surface area contributed by atoms with Crippen LogP contribution in [-0.2, 0) is 48.1 Å². The van der Waals surface area contributed by atoms with E-state index < -0.39 is 117 Å². The number of hydrogen-bond donors (Lipinski definition) is 12.